The molecular formula is C19H25BClO2. The molecule has 1 aromatic carbocycles. The lowest BCUT2D eigenvalue weighted by Gasteiger charge is -2.23. The van der Waals surface area contributed by atoms with Crippen molar-refractivity contribution in [1.82, 2.24) is 0 Å². The fraction of sp³-hybridized carbons (Fsp3) is 0.579. The van der Waals surface area contributed by atoms with Crippen LogP contribution in [0, 0.1) is 5.41 Å². The van der Waals surface area contributed by atoms with Crippen LogP contribution in [0.3, 0.4) is 0 Å². The molecule has 0 aromatic heterocycles. The second-order valence-electron chi connectivity index (χ2n) is 7.63. The average molecular weight is 332 g/mol. The molecule has 0 fully saturated rings. The van der Waals surface area contributed by atoms with E-state index in [-0.39, 0.29) is 17.0 Å². The fourth-order valence-electron chi connectivity index (χ4n) is 3.05. The van der Waals surface area contributed by atoms with Crippen LogP contribution in [0.1, 0.15) is 68.4 Å². The highest BCUT2D eigenvalue weighted by Gasteiger charge is 2.25. The molecule has 2 rings (SSSR count). The predicted octanol–water partition coefficient (Wildman–Crippen LogP) is 4.88. The normalized spacial score (nSPS) is 17.3. The van der Waals surface area contributed by atoms with E-state index in [2.05, 4.69) is 14.2 Å². The first-order valence-electron chi connectivity index (χ1n) is 8.40. The molecule has 1 aliphatic rings. The van der Waals surface area contributed by atoms with Crippen molar-refractivity contribution in [1.29, 1.82) is 0 Å². The smallest absolute Gasteiger partial charge is 0.164 e. The summed E-state index contributed by atoms with van der Waals surface area (Å²) in [6.07, 6.45) is 3.20. The minimum atomic E-state index is -0.336. The van der Waals surface area contributed by atoms with E-state index in [0.717, 1.165) is 18.3 Å². The first kappa shape index (κ1) is 18.3. The van der Waals surface area contributed by atoms with Gasteiger partial charge in [0.25, 0.3) is 0 Å². The van der Waals surface area contributed by atoms with Gasteiger partial charge in [-0.3, -0.25) is 9.59 Å². The van der Waals surface area contributed by atoms with Crippen molar-refractivity contribution in [2.24, 2.45) is 5.41 Å². The number of carbonyl (C=O) groups is 2. The first-order valence-corrected chi connectivity index (χ1v) is 8.78. The monoisotopic (exact) mass is 331 g/mol. The zero-order chi connectivity index (χ0) is 17.2. The SMILES string of the molecule is CC1[B]Cc2c(ccc(Cl)c2C(=O)CCCC(=O)C(C)(C)C)C1. The van der Waals surface area contributed by atoms with Crippen molar-refractivity contribution in [3.05, 3.63) is 33.8 Å². The molecular weight excluding hydrogens is 306 g/mol. The molecule has 1 unspecified atom stereocenters. The van der Waals surface area contributed by atoms with Gasteiger partial charge in [0.05, 0.1) is 5.02 Å². The van der Waals surface area contributed by atoms with Crippen LogP contribution in [-0.4, -0.2) is 18.8 Å². The Hall–Kier alpha value is -1.09. The van der Waals surface area contributed by atoms with Crippen molar-refractivity contribution in [3.8, 4) is 0 Å². The van der Waals surface area contributed by atoms with Crippen LogP contribution in [0.2, 0.25) is 10.8 Å². The number of carbonyl (C=O) groups excluding carboxylic acids is 2. The van der Waals surface area contributed by atoms with Gasteiger partial charge in [-0.25, -0.2) is 0 Å². The zero-order valence-electron chi connectivity index (χ0n) is 14.5. The van der Waals surface area contributed by atoms with Gasteiger partial charge in [-0.15, -0.1) is 0 Å². The molecule has 123 valence electrons. The molecule has 1 aromatic rings. The summed E-state index contributed by atoms with van der Waals surface area (Å²) < 4.78 is 0. The highest BCUT2D eigenvalue weighted by molar-refractivity contribution is 6.39. The maximum atomic E-state index is 12.6. The van der Waals surface area contributed by atoms with Gasteiger partial charge in [0.2, 0.25) is 0 Å². The van der Waals surface area contributed by atoms with E-state index in [1.165, 1.54) is 5.56 Å². The van der Waals surface area contributed by atoms with Gasteiger partial charge >= 0.3 is 0 Å². The Bertz CT molecular complexity index is 617. The molecule has 0 saturated carbocycles. The predicted molar refractivity (Wildman–Crippen MR) is 96.7 cm³/mol. The quantitative estimate of drug-likeness (QED) is 0.569. The van der Waals surface area contributed by atoms with Crippen LogP contribution < -0.4 is 0 Å². The summed E-state index contributed by atoms with van der Waals surface area (Å²) in [7, 11) is 2.25. The summed E-state index contributed by atoms with van der Waals surface area (Å²) in [4.78, 5) is 24.6. The van der Waals surface area contributed by atoms with Crippen LogP contribution in [0.15, 0.2) is 12.1 Å². The van der Waals surface area contributed by atoms with E-state index >= 15 is 0 Å². The second-order valence-corrected chi connectivity index (χ2v) is 8.04. The molecule has 0 aliphatic carbocycles. The number of fused-ring (bicyclic) bond motifs is 1. The summed E-state index contributed by atoms with van der Waals surface area (Å²) in [6, 6.07) is 3.88. The van der Waals surface area contributed by atoms with Crippen molar-refractivity contribution in [3.63, 3.8) is 0 Å². The van der Waals surface area contributed by atoms with Crippen LogP contribution in [0.25, 0.3) is 0 Å². The highest BCUT2D eigenvalue weighted by Crippen LogP contribution is 2.32. The van der Waals surface area contributed by atoms with Gasteiger partial charge in [-0.05, 0) is 30.0 Å². The molecule has 23 heavy (non-hydrogen) atoms. The lowest BCUT2D eigenvalue weighted by Crippen LogP contribution is -2.21. The molecule has 0 amide bonds. The maximum absolute atomic E-state index is 12.6. The Kier molecular flexibility index (Phi) is 5.72. The number of Topliss-reactive ketones (excluding diaryl/α,β-unsaturated/α-hetero) is 2. The largest absolute Gasteiger partial charge is 0.299 e. The topological polar surface area (TPSA) is 34.1 Å². The van der Waals surface area contributed by atoms with E-state index < -0.39 is 0 Å². The molecule has 0 spiro atoms. The Morgan fingerprint density at radius 3 is 2.61 bits per heavy atom. The fourth-order valence-corrected chi connectivity index (χ4v) is 3.33. The number of rotatable bonds is 5. The Morgan fingerprint density at radius 1 is 1.26 bits per heavy atom. The zero-order valence-corrected chi connectivity index (χ0v) is 15.3. The lowest BCUT2D eigenvalue weighted by atomic mass is 9.54. The van der Waals surface area contributed by atoms with Gasteiger partial charge in [-0.1, -0.05) is 57.5 Å². The molecule has 1 atom stereocenters. The van der Waals surface area contributed by atoms with Crippen molar-refractivity contribution in [2.45, 2.75) is 65.5 Å². The summed E-state index contributed by atoms with van der Waals surface area (Å²) in [6.45, 7) is 7.94. The maximum Gasteiger partial charge on any atom is 0.164 e. The van der Waals surface area contributed by atoms with Crippen LogP contribution in [-0.2, 0) is 17.5 Å². The van der Waals surface area contributed by atoms with Crippen LogP contribution in [0.4, 0.5) is 0 Å². The van der Waals surface area contributed by atoms with Gasteiger partial charge in [0, 0.05) is 23.8 Å². The second kappa shape index (κ2) is 7.21. The van der Waals surface area contributed by atoms with Gasteiger partial charge < -0.3 is 0 Å². The minimum Gasteiger partial charge on any atom is -0.299 e. The van der Waals surface area contributed by atoms with Gasteiger partial charge in [-0.2, -0.15) is 0 Å². The van der Waals surface area contributed by atoms with Gasteiger partial charge in [0.15, 0.2) is 5.78 Å². The number of ketones is 2. The van der Waals surface area contributed by atoms with Crippen LogP contribution in [0.5, 0.6) is 0 Å². The molecule has 1 heterocycles. The Labute approximate surface area is 145 Å². The summed E-state index contributed by atoms with van der Waals surface area (Å²) in [5, 5.41) is 0.541. The number of hydrogen-bond acceptors (Lipinski definition) is 2. The molecule has 0 saturated heterocycles. The third kappa shape index (κ3) is 4.47. The lowest BCUT2D eigenvalue weighted by molar-refractivity contribution is -0.126. The molecule has 2 nitrogen and oxygen atoms in total. The molecule has 1 radical (unpaired) electrons. The third-order valence-electron chi connectivity index (χ3n) is 4.55. The first-order chi connectivity index (χ1) is 10.7. The standard InChI is InChI=1S/C19H25BClO2/c1-12-10-13-8-9-15(21)18(14(13)11-20-12)16(22)6-5-7-17(23)19(2,3)4/h8-9,12H,5-7,10-11H2,1-4H3. The van der Waals surface area contributed by atoms with Crippen molar-refractivity contribution in [2.75, 3.05) is 0 Å². The van der Waals surface area contributed by atoms with Crippen molar-refractivity contribution < 1.29 is 9.59 Å². The molecule has 4 heteroatoms. The van der Waals surface area contributed by atoms with Crippen molar-refractivity contribution >= 4 is 30.4 Å². The van der Waals surface area contributed by atoms with E-state index in [1.54, 1.807) is 0 Å². The number of hydrogen-bond donors (Lipinski definition) is 0. The van der Waals surface area contributed by atoms with E-state index in [0.29, 0.717) is 35.7 Å². The highest BCUT2D eigenvalue weighted by atomic mass is 35.5. The van der Waals surface area contributed by atoms with E-state index in [9.17, 15) is 9.59 Å². The van der Waals surface area contributed by atoms with E-state index in [1.807, 2.05) is 32.9 Å². The number of halogens is 1. The summed E-state index contributed by atoms with van der Waals surface area (Å²) in [5.41, 5.74) is 2.66. The third-order valence-corrected chi connectivity index (χ3v) is 4.86. The Morgan fingerprint density at radius 2 is 1.96 bits per heavy atom. The summed E-state index contributed by atoms with van der Waals surface area (Å²) in [5.74, 6) is 0.807. The average Bonchev–Trinajstić information content (AvgIpc) is 2.46. The molecule has 1 aliphatic heterocycles. The van der Waals surface area contributed by atoms with E-state index in [4.69, 9.17) is 11.6 Å². The number of benzene rings is 1. The Balaban J connectivity index is 2.08. The molecule has 0 bridgehead atoms. The van der Waals surface area contributed by atoms with Crippen LogP contribution >= 0.6 is 11.6 Å². The van der Waals surface area contributed by atoms with Gasteiger partial charge in [0.1, 0.15) is 13.1 Å². The molecule has 0 N–H and O–H groups in total. The summed E-state index contributed by atoms with van der Waals surface area (Å²) >= 11 is 6.30. The minimum absolute atomic E-state index is 0.0662.